The largest absolute Gasteiger partial charge is 0.456 e. The fourth-order valence-corrected chi connectivity index (χ4v) is 2.78. The molecule has 0 radical (unpaired) electrons. The number of nitro groups is 1. The summed E-state index contributed by atoms with van der Waals surface area (Å²) >= 11 is 0. The summed E-state index contributed by atoms with van der Waals surface area (Å²) in [6, 6.07) is 8.44. The average Bonchev–Trinajstić information content (AvgIpc) is 2.73. The normalized spacial score (nSPS) is 12.1. The van der Waals surface area contributed by atoms with E-state index in [0.717, 1.165) is 0 Å². The molecule has 0 N–H and O–H groups in total. The van der Waals surface area contributed by atoms with Crippen molar-refractivity contribution in [1.29, 1.82) is 0 Å². The molecule has 0 fully saturated rings. The molecule has 2 aromatic carbocycles. The molecule has 3 aromatic rings. The van der Waals surface area contributed by atoms with Gasteiger partial charge < -0.3 is 4.42 Å². The topological polar surface area (TPSA) is 90.4 Å². The Morgan fingerprint density at radius 2 is 1.65 bits per heavy atom. The minimum absolute atomic E-state index is 0.0831. The quantitative estimate of drug-likeness (QED) is 0.411. The number of nitrogens with zero attached hydrogens (tertiary/aromatic N) is 1. The van der Waals surface area contributed by atoms with E-state index < -0.39 is 14.0 Å². The summed E-state index contributed by atoms with van der Waals surface area (Å²) in [5.74, 6) is 0. The number of furan rings is 1. The highest BCUT2D eigenvalue weighted by Gasteiger charge is 2.15. The predicted molar refractivity (Wildman–Crippen MR) is 73.4 cm³/mol. The predicted octanol–water partition coefficient (Wildman–Crippen LogP) is 3.42. The summed E-state index contributed by atoms with van der Waals surface area (Å²) in [6.45, 7) is 0. The number of fused-ring (bicyclic) bond motifs is 3. The minimum atomic E-state index is -3.85. The Labute approximate surface area is 117 Å². The molecular weight excluding hydrogens is 306 g/mol. The van der Waals surface area contributed by atoms with Crippen LogP contribution in [-0.4, -0.2) is 13.3 Å². The number of hydrogen-bond donors (Lipinski definition) is 0. The number of rotatable bonds is 2. The van der Waals surface area contributed by atoms with Crippen LogP contribution in [-0.2, 0) is 9.05 Å². The highest BCUT2D eigenvalue weighted by Crippen LogP contribution is 2.32. The molecule has 0 aliphatic heterocycles. The lowest BCUT2D eigenvalue weighted by atomic mass is 10.1. The van der Waals surface area contributed by atoms with Crippen LogP contribution < -0.4 is 0 Å². The molecule has 20 heavy (non-hydrogen) atoms. The first-order valence-electron chi connectivity index (χ1n) is 5.41. The lowest BCUT2D eigenvalue weighted by molar-refractivity contribution is -0.384. The van der Waals surface area contributed by atoms with Crippen molar-refractivity contribution in [3.8, 4) is 0 Å². The molecular formula is C12H6ClNO5S. The smallest absolute Gasteiger partial charge is 0.273 e. The van der Waals surface area contributed by atoms with E-state index in [4.69, 9.17) is 15.1 Å². The lowest BCUT2D eigenvalue weighted by Crippen LogP contribution is -1.88. The molecule has 3 rings (SSSR count). The molecule has 0 bridgehead atoms. The number of nitro benzene ring substituents is 1. The minimum Gasteiger partial charge on any atom is -0.456 e. The van der Waals surface area contributed by atoms with Gasteiger partial charge in [0.1, 0.15) is 11.2 Å². The molecule has 0 aliphatic carbocycles. The molecule has 0 saturated carbocycles. The van der Waals surface area contributed by atoms with Crippen molar-refractivity contribution in [2.24, 2.45) is 0 Å². The van der Waals surface area contributed by atoms with Gasteiger partial charge in [-0.25, -0.2) is 8.42 Å². The van der Waals surface area contributed by atoms with Crippen LogP contribution in [0.4, 0.5) is 5.69 Å². The van der Waals surface area contributed by atoms with Crippen LogP contribution in [0, 0.1) is 10.1 Å². The molecule has 0 unspecified atom stereocenters. The maximum absolute atomic E-state index is 11.3. The summed E-state index contributed by atoms with van der Waals surface area (Å²) < 4.78 is 28.0. The average molecular weight is 312 g/mol. The second kappa shape index (κ2) is 4.19. The summed E-state index contributed by atoms with van der Waals surface area (Å²) in [5.41, 5.74) is 0.530. The number of non-ortho nitro benzene ring substituents is 1. The Morgan fingerprint density at radius 3 is 2.25 bits per heavy atom. The van der Waals surface area contributed by atoms with Crippen LogP contribution in [0.2, 0.25) is 0 Å². The zero-order valence-corrected chi connectivity index (χ0v) is 11.3. The molecule has 8 heteroatoms. The Balaban J connectivity index is 2.33. The summed E-state index contributed by atoms with van der Waals surface area (Å²) in [6.07, 6.45) is 0. The molecule has 1 heterocycles. The fourth-order valence-electron chi connectivity index (χ4n) is 2.01. The van der Waals surface area contributed by atoms with Gasteiger partial charge in [0.25, 0.3) is 14.7 Å². The van der Waals surface area contributed by atoms with Crippen molar-refractivity contribution in [3.05, 3.63) is 46.5 Å². The highest BCUT2D eigenvalue weighted by molar-refractivity contribution is 8.13. The number of benzene rings is 2. The second-order valence-electron chi connectivity index (χ2n) is 4.14. The third-order valence-corrected chi connectivity index (χ3v) is 4.27. The van der Waals surface area contributed by atoms with E-state index in [1.54, 1.807) is 12.1 Å². The van der Waals surface area contributed by atoms with Gasteiger partial charge in [-0.3, -0.25) is 10.1 Å². The molecule has 1 aromatic heterocycles. The molecule has 0 spiro atoms. The van der Waals surface area contributed by atoms with Crippen molar-refractivity contribution < 1.29 is 17.8 Å². The SMILES string of the molecule is O=[N+]([O-])c1ccc2c(c1)oc1cc(S(=O)(=O)Cl)ccc12. The Hall–Kier alpha value is -2.12. The van der Waals surface area contributed by atoms with E-state index in [0.29, 0.717) is 21.9 Å². The molecule has 0 saturated heterocycles. The van der Waals surface area contributed by atoms with Crippen molar-refractivity contribution in [2.45, 2.75) is 4.90 Å². The first-order chi connectivity index (χ1) is 9.36. The van der Waals surface area contributed by atoms with Crippen LogP contribution in [0.1, 0.15) is 0 Å². The van der Waals surface area contributed by atoms with Crippen LogP contribution in [0.3, 0.4) is 0 Å². The summed E-state index contributed by atoms with van der Waals surface area (Å²) in [4.78, 5) is 10.1. The van der Waals surface area contributed by atoms with Gasteiger partial charge >= 0.3 is 0 Å². The van der Waals surface area contributed by atoms with Gasteiger partial charge in [0, 0.05) is 33.6 Å². The van der Waals surface area contributed by atoms with Gasteiger partial charge in [0.05, 0.1) is 15.9 Å². The van der Waals surface area contributed by atoms with E-state index in [9.17, 15) is 18.5 Å². The van der Waals surface area contributed by atoms with E-state index in [1.165, 1.54) is 24.3 Å². The molecule has 0 amide bonds. The van der Waals surface area contributed by atoms with Crippen molar-refractivity contribution >= 4 is 47.4 Å². The van der Waals surface area contributed by atoms with Gasteiger partial charge in [-0.1, -0.05) is 0 Å². The van der Waals surface area contributed by atoms with Gasteiger partial charge in [-0.2, -0.15) is 0 Å². The third-order valence-electron chi connectivity index (χ3n) is 2.92. The molecule has 0 atom stereocenters. The molecule has 0 aliphatic rings. The molecule has 6 nitrogen and oxygen atoms in total. The lowest BCUT2D eigenvalue weighted by Gasteiger charge is -1.94. The monoisotopic (exact) mass is 311 g/mol. The maximum Gasteiger partial charge on any atom is 0.273 e. The van der Waals surface area contributed by atoms with Crippen molar-refractivity contribution in [2.75, 3.05) is 0 Å². The Bertz CT molecular complexity index is 961. The highest BCUT2D eigenvalue weighted by atomic mass is 35.7. The summed E-state index contributed by atoms with van der Waals surface area (Å²) in [7, 11) is 1.42. The third kappa shape index (κ3) is 2.00. The number of halogens is 1. The van der Waals surface area contributed by atoms with E-state index in [2.05, 4.69) is 0 Å². The van der Waals surface area contributed by atoms with Gasteiger partial charge in [0.15, 0.2) is 0 Å². The fraction of sp³-hybridized carbons (Fsp3) is 0. The number of hydrogen-bond acceptors (Lipinski definition) is 5. The van der Waals surface area contributed by atoms with Gasteiger partial charge in [0.2, 0.25) is 0 Å². The van der Waals surface area contributed by atoms with Crippen molar-refractivity contribution in [1.82, 2.24) is 0 Å². The maximum atomic E-state index is 11.3. The van der Waals surface area contributed by atoms with Crippen LogP contribution in [0.5, 0.6) is 0 Å². The zero-order valence-electron chi connectivity index (χ0n) is 9.74. The van der Waals surface area contributed by atoms with Gasteiger partial charge in [-0.05, 0) is 18.2 Å². The molecule has 102 valence electrons. The van der Waals surface area contributed by atoms with Gasteiger partial charge in [-0.15, -0.1) is 0 Å². The van der Waals surface area contributed by atoms with Crippen LogP contribution in [0.25, 0.3) is 21.9 Å². The van der Waals surface area contributed by atoms with E-state index in [-0.39, 0.29) is 10.6 Å². The summed E-state index contributed by atoms with van der Waals surface area (Å²) in [5, 5.41) is 12.0. The first kappa shape index (κ1) is 12.9. The second-order valence-corrected chi connectivity index (χ2v) is 6.70. The van der Waals surface area contributed by atoms with Crippen molar-refractivity contribution in [3.63, 3.8) is 0 Å². The van der Waals surface area contributed by atoms with E-state index >= 15 is 0 Å². The Morgan fingerprint density at radius 1 is 1.05 bits per heavy atom. The first-order valence-corrected chi connectivity index (χ1v) is 7.72. The zero-order chi connectivity index (χ0) is 14.5. The Kier molecular flexibility index (Phi) is 2.70. The van der Waals surface area contributed by atoms with Crippen LogP contribution in [0.15, 0.2) is 45.7 Å². The van der Waals surface area contributed by atoms with E-state index in [1.807, 2.05) is 0 Å². The van der Waals surface area contributed by atoms with Crippen LogP contribution >= 0.6 is 10.7 Å². The standard InChI is InChI=1S/C12H6ClNO5S/c13-20(17,18)8-2-4-10-9-3-1-7(14(15)16)5-11(9)19-12(10)6-8/h1-6H.